The highest BCUT2D eigenvalue weighted by atomic mass is 16.5. The molecule has 182 valence electrons. The lowest BCUT2D eigenvalue weighted by molar-refractivity contribution is 0.304. The Morgan fingerprint density at radius 2 is 1.39 bits per heavy atom. The summed E-state index contributed by atoms with van der Waals surface area (Å²) in [5, 5.41) is 0. The van der Waals surface area contributed by atoms with Crippen LogP contribution in [-0.2, 0) is 6.42 Å². The van der Waals surface area contributed by atoms with Crippen LogP contribution in [-0.4, -0.2) is 16.6 Å². The number of ether oxygens (including phenoxy) is 1. The van der Waals surface area contributed by atoms with Crippen LogP contribution < -0.4 is 4.74 Å². The summed E-state index contributed by atoms with van der Waals surface area (Å²) in [5.41, 5.74) is 2.30. The van der Waals surface area contributed by atoms with Gasteiger partial charge in [0.2, 0.25) is 0 Å². The van der Waals surface area contributed by atoms with Gasteiger partial charge in [-0.3, -0.25) is 0 Å². The van der Waals surface area contributed by atoms with Gasteiger partial charge in [0, 0.05) is 18.0 Å². The maximum absolute atomic E-state index is 5.86. The van der Waals surface area contributed by atoms with Crippen molar-refractivity contribution in [2.24, 2.45) is 5.92 Å². The zero-order chi connectivity index (χ0) is 23.0. The van der Waals surface area contributed by atoms with Crippen LogP contribution in [0.4, 0.5) is 0 Å². The predicted octanol–water partition coefficient (Wildman–Crippen LogP) is 8.96. The average molecular weight is 451 g/mol. The molecule has 3 rings (SSSR count). The lowest BCUT2D eigenvalue weighted by Gasteiger charge is -2.08. The van der Waals surface area contributed by atoms with E-state index in [-0.39, 0.29) is 0 Å². The van der Waals surface area contributed by atoms with E-state index in [1.54, 1.807) is 0 Å². The Morgan fingerprint density at radius 3 is 2.12 bits per heavy atom. The SMILES string of the molecule is CCCCCCCOc1ccc(-c2ncc(CCCCCCCCC3CCCC3)cn2)cc1. The van der Waals surface area contributed by atoms with Crippen LogP contribution in [0.15, 0.2) is 36.7 Å². The molecule has 0 unspecified atom stereocenters. The maximum atomic E-state index is 5.86. The van der Waals surface area contributed by atoms with Crippen molar-refractivity contribution in [3.05, 3.63) is 42.2 Å². The molecule has 1 aliphatic rings. The van der Waals surface area contributed by atoms with Crippen molar-refractivity contribution in [1.82, 2.24) is 9.97 Å². The summed E-state index contributed by atoms with van der Waals surface area (Å²) in [5.74, 6) is 2.79. The van der Waals surface area contributed by atoms with E-state index < -0.39 is 0 Å². The summed E-state index contributed by atoms with van der Waals surface area (Å²) < 4.78 is 5.86. The molecule has 0 atom stereocenters. The number of aromatic nitrogens is 2. The van der Waals surface area contributed by atoms with Crippen LogP contribution in [0.25, 0.3) is 11.4 Å². The zero-order valence-electron chi connectivity index (χ0n) is 21.1. The van der Waals surface area contributed by atoms with Crippen molar-refractivity contribution in [2.45, 2.75) is 116 Å². The van der Waals surface area contributed by atoms with Gasteiger partial charge in [-0.15, -0.1) is 0 Å². The molecule has 0 aliphatic heterocycles. The lowest BCUT2D eigenvalue weighted by Crippen LogP contribution is -1.97. The summed E-state index contributed by atoms with van der Waals surface area (Å²) in [4.78, 5) is 9.22. The van der Waals surface area contributed by atoms with Crippen molar-refractivity contribution in [1.29, 1.82) is 0 Å². The van der Waals surface area contributed by atoms with Gasteiger partial charge < -0.3 is 4.74 Å². The molecule has 1 fully saturated rings. The minimum atomic E-state index is 0.798. The van der Waals surface area contributed by atoms with E-state index in [2.05, 4.69) is 29.0 Å². The number of benzene rings is 1. The third kappa shape index (κ3) is 10.3. The van der Waals surface area contributed by atoms with E-state index in [0.717, 1.165) is 42.5 Å². The first-order chi connectivity index (χ1) is 16.3. The summed E-state index contributed by atoms with van der Waals surface area (Å²) >= 11 is 0. The number of rotatable bonds is 17. The Bertz CT molecular complexity index is 735. The first-order valence-electron chi connectivity index (χ1n) is 13.9. The molecular formula is C30H46N2O. The van der Waals surface area contributed by atoms with Gasteiger partial charge >= 0.3 is 0 Å². The highest BCUT2D eigenvalue weighted by Crippen LogP contribution is 2.29. The topological polar surface area (TPSA) is 35.0 Å². The average Bonchev–Trinajstić information content (AvgIpc) is 3.37. The minimum Gasteiger partial charge on any atom is -0.494 e. The summed E-state index contributed by atoms with van der Waals surface area (Å²) in [6.07, 6.45) is 27.1. The first kappa shape index (κ1) is 25.7. The second kappa shape index (κ2) is 15.9. The molecule has 1 heterocycles. The number of hydrogen-bond donors (Lipinski definition) is 0. The molecule has 0 spiro atoms. The number of unbranched alkanes of at least 4 members (excludes halogenated alkanes) is 9. The van der Waals surface area contributed by atoms with E-state index in [0.29, 0.717) is 0 Å². The first-order valence-corrected chi connectivity index (χ1v) is 13.9. The van der Waals surface area contributed by atoms with E-state index in [1.807, 2.05) is 24.5 Å². The monoisotopic (exact) mass is 450 g/mol. The van der Waals surface area contributed by atoms with Crippen LogP contribution in [0.5, 0.6) is 5.75 Å². The summed E-state index contributed by atoms with van der Waals surface area (Å²) in [6, 6.07) is 8.20. The molecule has 1 saturated carbocycles. The molecule has 2 aromatic rings. The molecule has 33 heavy (non-hydrogen) atoms. The van der Waals surface area contributed by atoms with E-state index >= 15 is 0 Å². The maximum Gasteiger partial charge on any atom is 0.159 e. The Balaban J connectivity index is 1.26. The van der Waals surface area contributed by atoms with E-state index in [9.17, 15) is 0 Å². The molecule has 3 heteroatoms. The van der Waals surface area contributed by atoms with Crippen molar-refractivity contribution in [3.8, 4) is 17.1 Å². The molecule has 0 N–H and O–H groups in total. The summed E-state index contributed by atoms with van der Waals surface area (Å²) in [7, 11) is 0. The van der Waals surface area contributed by atoms with Crippen LogP contribution in [0, 0.1) is 5.92 Å². The molecule has 0 saturated heterocycles. The standard InChI is InChI=1S/C30H46N2O/c1-2-3-4-9-14-23-33-29-21-19-28(20-22-29)30-31-24-27(25-32-30)18-11-8-6-5-7-10-15-26-16-12-13-17-26/h19-22,24-26H,2-18,23H2,1H3. The van der Waals surface area contributed by atoms with Gasteiger partial charge in [0.05, 0.1) is 6.61 Å². The Labute approximate surface area is 202 Å². The fourth-order valence-electron chi connectivity index (χ4n) is 5.00. The molecule has 1 aliphatic carbocycles. The smallest absolute Gasteiger partial charge is 0.159 e. The van der Waals surface area contributed by atoms with Crippen LogP contribution in [0.1, 0.15) is 115 Å². The third-order valence-corrected chi connectivity index (χ3v) is 7.14. The fourth-order valence-corrected chi connectivity index (χ4v) is 5.00. The van der Waals surface area contributed by atoms with Crippen LogP contribution in [0.2, 0.25) is 0 Å². The minimum absolute atomic E-state index is 0.798. The number of aryl methyl sites for hydroxylation is 1. The quantitative estimate of drug-likeness (QED) is 0.226. The second-order valence-electron chi connectivity index (χ2n) is 10.0. The van der Waals surface area contributed by atoms with Gasteiger partial charge in [0.1, 0.15) is 5.75 Å². The molecule has 0 radical (unpaired) electrons. The Kier molecular flexibility index (Phi) is 12.4. The van der Waals surface area contributed by atoms with E-state index in [1.165, 1.54) is 102 Å². The van der Waals surface area contributed by atoms with E-state index in [4.69, 9.17) is 4.74 Å². The summed E-state index contributed by atoms with van der Waals surface area (Å²) in [6.45, 7) is 3.05. The molecule has 1 aromatic heterocycles. The normalized spacial score (nSPS) is 14.1. The van der Waals surface area contributed by atoms with Crippen LogP contribution in [0.3, 0.4) is 0 Å². The van der Waals surface area contributed by atoms with Gasteiger partial charge in [0.15, 0.2) is 5.82 Å². The molecule has 0 amide bonds. The second-order valence-corrected chi connectivity index (χ2v) is 10.0. The van der Waals surface area contributed by atoms with Crippen molar-refractivity contribution >= 4 is 0 Å². The van der Waals surface area contributed by atoms with Gasteiger partial charge in [-0.1, -0.05) is 96.8 Å². The van der Waals surface area contributed by atoms with Gasteiger partial charge in [-0.2, -0.15) is 0 Å². The van der Waals surface area contributed by atoms with Gasteiger partial charge in [-0.25, -0.2) is 9.97 Å². The molecule has 3 nitrogen and oxygen atoms in total. The number of hydrogen-bond acceptors (Lipinski definition) is 3. The largest absolute Gasteiger partial charge is 0.494 e. The Morgan fingerprint density at radius 1 is 0.758 bits per heavy atom. The zero-order valence-corrected chi connectivity index (χ0v) is 21.1. The van der Waals surface area contributed by atoms with Crippen molar-refractivity contribution in [3.63, 3.8) is 0 Å². The highest BCUT2D eigenvalue weighted by molar-refractivity contribution is 5.55. The van der Waals surface area contributed by atoms with Crippen molar-refractivity contribution in [2.75, 3.05) is 6.61 Å². The highest BCUT2D eigenvalue weighted by Gasteiger charge is 2.13. The van der Waals surface area contributed by atoms with Gasteiger partial charge in [-0.05, 0) is 55.0 Å². The fraction of sp³-hybridized carbons (Fsp3) is 0.667. The molecule has 0 bridgehead atoms. The molecular weight excluding hydrogens is 404 g/mol. The van der Waals surface area contributed by atoms with Gasteiger partial charge in [0.25, 0.3) is 0 Å². The predicted molar refractivity (Wildman–Crippen MR) is 140 cm³/mol. The third-order valence-electron chi connectivity index (χ3n) is 7.14. The van der Waals surface area contributed by atoms with Crippen molar-refractivity contribution < 1.29 is 4.74 Å². The van der Waals surface area contributed by atoms with Crippen LogP contribution >= 0.6 is 0 Å². The lowest BCUT2D eigenvalue weighted by atomic mass is 9.99. The molecule has 1 aromatic carbocycles. The Hall–Kier alpha value is -1.90. The number of nitrogens with zero attached hydrogens (tertiary/aromatic N) is 2.